The van der Waals surface area contributed by atoms with Gasteiger partial charge in [0.15, 0.2) is 5.13 Å². The number of rotatable bonds is 9. The highest BCUT2D eigenvalue weighted by Gasteiger charge is 2.23. The molecule has 0 aliphatic rings. The summed E-state index contributed by atoms with van der Waals surface area (Å²) in [4.78, 5) is 19.5. The Bertz CT molecular complexity index is 924. The molecule has 28 heavy (non-hydrogen) atoms. The van der Waals surface area contributed by atoms with E-state index in [1.54, 1.807) is 30.2 Å². The first-order valence-electron chi connectivity index (χ1n) is 8.89. The Balaban J connectivity index is 1.88. The summed E-state index contributed by atoms with van der Waals surface area (Å²) in [6.45, 7) is 4.96. The maximum atomic E-state index is 13.3. The zero-order valence-corrected chi connectivity index (χ0v) is 16.5. The average molecular weight is 394 g/mol. The molecule has 0 aliphatic heterocycles. The summed E-state index contributed by atoms with van der Waals surface area (Å²) in [6, 6.07) is 17.1. The predicted octanol–water partition coefficient (Wildman–Crippen LogP) is 4.67. The van der Waals surface area contributed by atoms with E-state index >= 15 is 0 Å². The minimum atomic E-state index is -0.179. The van der Waals surface area contributed by atoms with Crippen molar-refractivity contribution < 1.29 is 14.3 Å². The van der Waals surface area contributed by atoms with Gasteiger partial charge < -0.3 is 9.47 Å². The van der Waals surface area contributed by atoms with Gasteiger partial charge in [0.2, 0.25) is 0 Å². The number of para-hydroxylation sites is 1. The Morgan fingerprint density at radius 2 is 1.89 bits per heavy atom. The van der Waals surface area contributed by atoms with E-state index in [0.29, 0.717) is 36.2 Å². The van der Waals surface area contributed by atoms with Crippen molar-refractivity contribution in [2.45, 2.75) is 0 Å². The molecule has 3 aromatic rings. The van der Waals surface area contributed by atoms with Crippen molar-refractivity contribution in [3.63, 3.8) is 0 Å². The van der Waals surface area contributed by atoms with Crippen LogP contribution < -0.4 is 9.64 Å². The molecule has 0 bridgehead atoms. The van der Waals surface area contributed by atoms with Crippen molar-refractivity contribution >= 4 is 22.4 Å². The van der Waals surface area contributed by atoms with Crippen LogP contribution in [-0.4, -0.2) is 37.8 Å². The quantitative estimate of drug-likeness (QED) is 0.391. The monoisotopic (exact) mass is 394 g/mol. The molecule has 5 nitrogen and oxygen atoms in total. The smallest absolute Gasteiger partial charge is 0.264 e. The second-order valence-electron chi connectivity index (χ2n) is 5.92. The normalized spacial score (nSPS) is 10.5. The lowest BCUT2D eigenvalue weighted by molar-refractivity contribution is 0.0981. The number of thiazole rings is 1. The molecule has 0 radical (unpaired) electrons. The molecule has 1 aromatic heterocycles. The number of benzene rings is 2. The SMILES string of the molecule is C=CCN(C(=O)c1ccccc1OCCOC)c1nc(-c2ccccc2)cs1. The molecule has 6 heteroatoms. The topological polar surface area (TPSA) is 51.7 Å². The number of hydrogen-bond acceptors (Lipinski definition) is 5. The Morgan fingerprint density at radius 3 is 2.64 bits per heavy atom. The molecule has 0 fully saturated rings. The number of nitrogens with zero attached hydrogens (tertiary/aromatic N) is 2. The van der Waals surface area contributed by atoms with Crippen molar-refractivity contribution in [3.05, 3.63) is 78.2 Å². The Kier molecular flexibility index (Phi) is 6.94. The van der Waals surface area contributed by atoms with E-state index in [2.05, 4.69) is 11.6 Å². The van der Waals surface area contributed by atoms with E-state index in [1.165, 1.54) is 11.3 Å². The summed E-state index contributed by atoms with van der Waals surface area (Å²) in [5.74, 6) is 0.348. The largest absolute Gasteiger partial charge is 0.490 e. The number of ether oxygens (including phenoxy) is 2. The lowest BCUT2D eigenvalue weighted by Crippen LogP contribution is -2.31. The van der Waals surface area contributed by atoms with Crippen LogP contribution in [0.5, 0.6) is 5.75 Å². The van der Waals surface area contributed by atoms with Gasteiger partial charge in [0.05, 0.1) is 17.9 Å². The third-order valence-corrected chi connectivity index (χ3v) is 4.88. The van der Waals surface area contributed by atoms with Gasteiger partial charge >= 0.3 is 0 Å². The zero-order chi connectivity index (χ0) is 19.8. The molecule has 3 rings (SSSR count). The first kappa shape index (κ1) is 19.8. The Hall–Kier alpha value is -2.96. The van der Waals surface area contributed by atoms with E-state index in [9.17, 15) is 4.79 Å². The van der Waals surface area contributed by atoms with Crippen molar-refractivity contribution in [1.29, 1.82) is 0 Å². The molecule has 1 heterocycles. The molecule has 0 spiro atoms. The summed E-state index contributed by atoms with van der Waals surface area (Å²) < 4.78 is 10.7. The summed E-state index contributed by atoms with van der Waals surface area (Å²) in [6.07, 6.45) is 1.69. The molecule has 0 N–H and O–H groups in total. The highest BCUT2D eigenvalue weighted by Crippen LogP contribution is 2.30. The number of hydrogen-bond donors (Lipinski definition) is 0. The van der Waals surface area contributed by atoms with Gasteiger partial charge in [0, 0.05) is 24.6 Å². The highest BCUT2D eigenvalue weighted by molar-refractivity contribution is 7.14. The van der Waals surface area contributed by atoms with Crippen LogP contribution in [0.2, 0.25) is 0 Å². The number of methoxy groups -OCH3 is 1. The summed E-state index contributed by atoms with van der Waals surface area (Å²) in [7, 11) is 1.61. The molecular weight excluding hydrogens is 372 g/mol. The van der Waals surface area contributed by atoms with Crippen molar-refractivity contribution in [2.75, 3.05) is 31.8 Å². The standard InChI is InChI=1S/C22H22N2O3S/c1-3-13-24(22-23-19(16-28-22)17-9-5-4-6-10-17)21(25)18-11-7-8-12-20(18)27-15-14-26-2/h3-12,16H,1,13-15H2,2H3. The van der Waals surface area contributed by atoms with E-state index in [1.807, 2.05) is 47.8 Å². The van der Waals surface area contributed by atoms with Gasteiger partial charge in [-0.15, -0.1) is 17.9 Å². The summed E-state index contributed by atoms with van der Waals surface area (Å²) in [5.41, 5.74) is 2.34. The Labute approximate surface area is 168 Å². The van der Waals surface area contributed by atoms with Crippen molar-refractivity contribution in [1.82, 2.24) is 4.98 Å². The first-order chi connectivity index (χ1) is 13.7. The lowest BCUT2D eigenvalue weighted by atomic mass is 10.1. The first-order valence-corrected chi connectivity index (χ1v) is 9.77. The van der Waals surface area contributed by atoms with Gasteiger partial charge in [-0.05, 0) is 12.1 Å². The molecule has 0 aliphatic carbocycles. The average Bonchev–Trinajstić information content (AvgIpc) is 3.23. The second kappa shape index (κ2) is 9.82. The highest BCUT2D eigenvalue weighted by atomic mass is 32.1. The van der Waals surface area contributed by atoms with Crippen LogP contribution in [0.4, 0.5) is 5.13 Å². The van der Waals surface area contributed by atoms with Gasteiger partial charge in [0.25, 0.3) is 5.91 Å². The molecule has 0 atom stereocenters. The summed E-state index contributed by atoms with van der Waals surface area (Å²) >= 11 is 1.43. The molecule has 144 valence electrons. The fourth-order valence-corrected chi connectivity index (χ4v) is 3.50. The molecule has 0 unspecified atom stereocenters. The molecule has 1 amide bonds. The van der Waals surface area contributed by atoms with E-state index in [-0.39, 0.29) is 5.91 Å². The van der Waals surface area contributed by atoms with Gasteiger partial charge in [0.1, 0.15) is 12.4 Å². The maximum Gasteiger partial charge on any atom is 0.264 e. The Morgan fingerprint density at radius 1 is 1.14 bits per heavy atom. The van der Waals surface area contributed by atoms with Crippen LogP contribution in [0.1, 0.15) is 10.4 Å². The van der Waals surface area contributed by atoms with Gasteiger partial charge in [-0.1, -0.05) is 48.5 Å². The maximum absolute atomic E-state index is 13.3. The number of carbonyl (C=O) groups is 1. The number of anilines is 1. The molecular formula is C22H22N2O3S. The predicted molar refractivity (Wildman–Crippen MR) is 113 cm³/mol. The van der Waals surface area contributed by atoms with Crippen LogP contribution >= 0.6 is 11.3 Å². The number of amides is 1. The van der Waals surface area contributed by atoms with E-state index < -0.39 is 0 Å². The van der Waals surface area contributed by atoms with Crippen LogP contribution in [0.25, 0.3) is 11.3 Å². The molecule has 0 saturated heterocycles. The van der Waals surface area contributed by atoms with E-state index in [0.717, 1.165) is 11.3 Å². The fraction of sp³-hybridized carbons (Fsp3) is 0.182. The molecule has 0 saturated carbocycles. The van der Waals surface area contributed by atoms with Gasteiger partial charge in [-0.3, -0.25) is 9.69 Å². The van der Waals surface area contributed by atoms with Crippen molar-refractivity contribution in [3.8, 4) is 17.0 Å². The van der Waals surface area contributed by atoms with Crippen LogP contribution in [0.15, 0.2) is 72.6 Å². The number of aromatic nitrogens is 1. The third-order valence-electron chi connectivity index (χ3n) is 4.01. The van der Waals surface area contributed by atoms with Crippen LogP contribution in [0.3, 0.4) is 0 Å². The lowest BCUT2D eigenvalue weighted by Gasteiger charge is -2.20. The second-order valence-corrected chi connectivity index (χ2v) is 6.76. The fourth-order valence-electron chi connectivity index (χ4n) is 2.66. The van der Waals surface area contributed by atoms with Gasteiger partial charge in [-0.25, -0.2) is 4.98 Å². The van der Waals surface area contributed by atoms with Gasteiger partial charge in [-0.2, -0.15) is 0 Å². The number of carbonyl (C=O) groups excluding carboxylic acids is 1. The summed E-state index contributed by atoms with van der Waals surface area (Å²) in [5, 5.41) is 2.57. The van der Waals surface area contributed by atoms with Crippen LogP contribution in [-0.2, 0) is 4.74 Å². The minimum absolute atomic E-state index is 0.179. The van der Waals surface area contributed by atoms with Crippen LogP contribution in [0, 0.1) is 0 Å². The third kappa shape index (κ3) is 4.65. The van der Waals surface area contributed by atoms with Crippen molar-refractivity contribution in [2.24, 2.45) is 0 Å². The zero-order valence-electron chi connectivity index (χ0n) is 15.7. The minimum Gasteiger partial charge on any atom is -0.490 e. The van der Waals surface area contributed by atoms with E-state index in [4.69, 9.17) is 9.47 Å². The molecule has 2 aromatic carbocycles.